The SMILES string of the molecule is CCC1c2cc3c(cc2O)OCOc2cc(O)c(cc2C3CC)C(CC)c2cc3c(cc2O)OCOc2cc(O)c1cc2C3CC. The van der Waals surface area contributed by atoms with E-state index >= 15 is 0 Å². The maximum atomic E-state index is 11.5. The molecule has 0 unspecified atom stereocenters. The Bertz CT molecular complexity index is 1570. The van der Waals surface area contributed by atoms with Crippen LogP contribution in [0, 0.1) is 0 Å². The number of phenolic OH excluding ortho intramolecular Hbond substituents is 4. The molecular weight excluding hydrogens is 584 g/mol. The van der Waals surface area contributed by atoms with Crippen LogP contribution in [0.4, 0.5) is 0 Å². The molecule has 0 aromatic heterocycles. The summed E-state index contributed by atoms with van der Waals surface area (Å²) in [7, 11) is 0. The zero-order valence-corrected chi connectivity index (χ0v) is 26.6. The standard InChI is InChI=1S/C38H40O8/c1-5-19-23-9-27-21(7-3)29-11-25(33(41)15-37(29)45-17-43-35(27)13-31(23)39)20(6-2)26-12-30-22(8-4)28-10-24(19)32(40)14-36(28)44-18-46-38(30)16-34(26)42/h9-16,19-22,39-42H,5-8,17-18H2,1-4H3. The highest BCUT2D eigenvalue weighted by atomic mass is 16.7. The second-order valence-corrected chi connectivity index (χ2v) is 12.5. The van der Waals surface area contributed by atoms with Crippen LogP contribution in [0.5, 0.6) is 46.0 Å². The van der Waals surface area contributed by atoms with Gasteiger partial charge in [0.15, 0.2) is 0 Å². The lowest BCUT2D eigenvalue weighted by Gasteiger charge is -2.31. The number of benzene rings is 4. The van der Waals surface area contributed by atoms with Crippen molar-refractivity contribution in [1.29, 1.82) is 0 Å². The highest BCUT2D eigenvalue weighted by Gasteiger charge is 2.34. The predicted octanol–water partition coefficient (Wildman–Crippen LogP) is 8.45. The topological polar surface area (TPSA) is 118 Å². The summed E-state index contributed by atoms with van der Waals surface area (Å²) in [5.41, 5.74) is 6.32. The van der Waals surface area contributed by atoms with Crippen LogP contribution in [0.3, 0.4) is 0 Å². The number of phenols is 4. The third kappa shape index (κ3) is 4.65. The summed E-state index contributed by atoms with van der Waals surface area (Å²) < 4.78 is 24.2. The number of hydrogen-bond acceptors (Lipinski definition) is 8. The molecule has 0 spiro atoms. The van der Waals surface area contributed by atoms with Crippen molar-refractivity contribution in [2.45, 2.75) is 77.0 Å². The summed E-state index contributed by atoms with van der Waals surface area (Å²) >= 11 is 0. The molecule has 1 aliphatic carbocycles. The van der Waals surface area contributed by atoms with Gasteiger partial charge in [-0.3, -0.25) is 0 Å². The molecule has 3 aliphatic rings. The van der Waals surface area contributed by atoms with E-state index in [9.17, 15) is 20.4 Å². The summed E-state index contributed by atoms with van der Waals surface area (Å²) in [6.45, 7) is 8.05. The first-order valence-electron chi connectivity index (χ1n) is 16.3. The Labute approximate surface area is 268 Å². The van der Waals surface area contributed by atoms with Crippen molar-refractivity contribution in [2.75, 3.05) is 13.6 Å². The van der Waals surface area contributed by atoms with Gasteiger partial charge in [0.25, 0.3) is 0 Å². The van der Waals surface area contributed by atoms with Crippen LogP contribution in [0.15, 0.2) is 48.5 Å². The molecule has 0 radical (unpaired) electrons. The fourth-order valence-electron chi connectivity index (χ4n) is 7.86. The molecule has 8 nitrogen and oxygen atoms in total. The quantitative estimate of drug-likeness (QED) is 0.179. The largest absolute Gasteiger partial charge is 0.508 e. The lowest BCUT2D eigenvalue weighted by Crippen LogP contribution is -2.18. The number of fused-ring (bicyclic) bond motifs is 4. The van der Waals surface area contributed by atoms with Crippen LogP contribution in [-0.2, 0) is 0 Å². The van der Waals surface area contributed by atoms with Crippen LogP contribution in [0.2, 0.25) is 0 Å². The zero-order chi connectivity index (χ0) is 32.3. The molecule has 4 aromatic carbocycles. The van der Waals surface area contributed by atoms with Gasteiger partial charge in [-0.05, 0) is 49.9 Å². The third-order valence-corrected chi connectivity index (χ3v) is 10.1. The van der Waals surface area contributed by atoms with Gasteiger partial charge in [-0.2, -0.15) is 0 Å². The first kappa shape index (κ1) is 30.0. The Balaban J connectivity index is 1.61. The summed E-state index contributed by atoms with van der Waals surface area (Å²) in [5, 5.41) is 45.9. The van der Waals surface area contributed by atoms with E-state index in [4.69, 9.17) is 18.9 Å². The average molecular weight is 625 g/mol. The summed E-state index contributed by atoms with van der Waals surface area (Å²) in [6, 6.07) is 14.6. The van der Waals surface area contributed by atoms with Gasteiger partial charge < -0.3 is 39.4 Å². The fourth-order valence-corrected chi connectivity index (χ4v) is 7.86. The van der Waals surface area contributed by atoms with E-state index in [1.807, 2.05) is 38.1 Å². The number of aromatic hydroxyl groups is 4. The maximum absolute atomic E-state index is 11.5. The van der Waals surface area contributed by atoms with E-state index in [1.165, 1.54) is 0 Å². The van der Waals surface area contributed by atoms with Crippen LogP contribution in [-0.4, -0.2) is 34.0 Å². The van der Waals surface area contributed by atoms with E-state index in [0.29, 0.717) is 70.9 Å². The highest BCUT2D eigenvalue weighted by Crippen LogP contribution is 2.52. The minimum Gasteiger partial charge on any atom is -0.508 e. The van der Waals surface area contributed by atoms with Gasteiger partial charge in [-0.25, -0.2) is 0 Å². The van der Waals surface area contributed by atoms with Gasteiger partial charge in [-0.15, -0.1) is 0 Å². The Morgan fingerprint density at radius 2 is 0.609 bits per heavy atom. The Morgan fingerprint density at radius 3 is 0.826 bits per heavy atom. The van der Waals surface area contributed by atoms with E-state index in [0.717, 1.165) is 22.3 Å². The van der Waals surface area contributed by atoms with Crippen LogP contribution >= 0.6 is 0 Å². The molecule has 0 fully saturated rings. The summed E-state index contributed by atoms with van der Waals surface area (Å²) in [6.07, 6.45) is 2.61. The minimum absolute atomic E-state index is 0.0769. The minimum atomic E-state index is -0.337. The molecule has 8 heteroatoms. The van der Waals surface area contributed by atoms with E-state index < -0.39 is 0 Å². The Kier molecular flexibility index (Phi) is 7.54. The van der Waals surface area contributed by atoms with Crippen molar-refractivity contribution < 1.29 is 39.4 Å². The number of hydrogen-bond donors (Lipinski definition) is 4. The molecule has 0 amide bonds. The summed E-state index contributed by atoms with van der Waals surface area (Å²) in [5.74, 6) is 1.35. The van der Waals surface area contributed by atoms with Crippen molar-refractivity contribution in [3.63, 3.8) is 0 Å². The molecule has 2 heterocycles. The first-order valence-corrected chi connectivity index (χ1v) is 16.3. The average Bonchev–Trinajstić information content (AvgIpc) is 3.02. The van der Waals surface area contributed by atoms with Crippen molar-refractivity contribution in [2.24, 2.45) is 0 Å². The van der Waals surface area contributed by atoms with Crippen molar-refractivity contribution >= 4 is 0 Å². The zero-order valence-electron chi connectivity index (χ0n) is 26.6. The van der Waals surface area contributed by atoms with Crippen molar-refractivity contribution in [1.82, 2.24) is 0 Å². The molecule has 46 heavy (non-hydrogen) atoms. The molecule has 8 bridgehead atoms. The lowest BCUT2D eigenvalue weighted by molar-refractivity contribution is 0.113. The van der Waals surface area contributed by atoms with Gasteiger partial charge >= 0.3 is 0 Å². The normalized spacial score (nSPS) is 21.0. The number of rotatable bonds is 4. The number of ether oxygens (including phenoxy) is 4. The lowest BCUT2D eigenvalue weighted by atomic mass is 9.77. The van der Waals surface area contributed by atoms with Crippen molar-refractivity contribution in [3.05, 3.63) is 93.0 Å². The first-order chi connectivity index (χ1) is 22.3. The molecule has 2 aliphatic heterocycles. The van der Waals surface area contributed by atoms with Crippen LogP contribution < -0.4 is 18.9 Å². The highest BCUT2D eigenvalue weighted by molar-refractivity contribution is 5.63. The molecular formula is C38H40O8. The molecule has 240 valence electrons. The van der Waals surface area contributed by atoms with E-state index in [1.54, 1.807) is 24.3 Å². The molecule has 4 aromatic rings. The van der Waals surface area contributed by atoms with Crippen molar-refractivity contribution in [3.8, 4) is 46.0 Å². The monoisotopic (exact) mass is 624 g/mol. The molecule has 0 atom stereocenters. The van der Waals surface area contributed by atoms with Gasteiger partial charge in [0, 0.05) is 92.4 Å². The summed E-state index contributed by atoms with van der Waals surface area (Å²) in [4.78, 5) is 0. The third-order valence-electron chi connectivity index (χ3n) is 10.1. The second-order valence-electron chi connectivity index (χ2n) is 12.5. The fraction of sp³-hybridized carbons (Fsp3) is 0.368. The van der Waals surface area contributed by atoms with Gasteiger partial charge in [0.1, 0.15) is 46.0 Å². The second kappa shape index (κ2) is 11.6. The smallest absolute Gasteiger partial charge is 0.230 e. The van der Waals surface area contributed by atoms with Crippen LogP contribution in [0.25, 0.3) is 0 Å². The maximum Gasteiger partial charge on any atom is 0.230 e. The Morgan fingerprint density at radius 1 is 0.391 bits per heavy atom. The molecule has 7 rings (SSSR count). The molecule has 0 saturated heterocycles. The van der Waals surface area contributed by atoms with Gasteiger partial charge in [0.2, 0.25) is 13.6 Å². The van der Waals surface area contributed by atoms with E-state index in [2.05, 4.69) is 13.8 Å². The van der Waals surface area contributed by atoms with Gasteiger partial charge in [0.05, 0.1) is 0 Å². The van der Waals surface area contributed by atoms with Crippen LogP contribution in [0.1, 0.15) is 122 Å². The van der Waals surface area contributed by atoms with E-state index in [-0.39, 0.29) is 60.3 Å². The molecule has 0 saturated carbocycles. The predicted molar refractivity (Wildman–Crippen MR) is 173 cm³/mol. The van der Waals surface area contributed by atoms with Gasteiger partial charge in [-0.1, -0.05) is 27.7 Å². The Hall–Kier alpha value is -4.72. The molecule has 4 N–H and O–H groups in total.